The van der Waals surface area contributed by atoms with Crippen molar-refractivity contribution in [3.8, 4) is 11.4 Å². The normalized spacial score (nSPS) is 10.5. The molecule has 2 heterocycles. The largest absolute Gasteiger partial charge is 0.497 e. The minimum Gasteiger partial charge on any atom is -0.497 e. The third kappa shape index (κ3) is 3.27. The zero-order chi connectivity index (χ0) is 18.7. The second-order valence-electron chi connectivity index (χ2n) is 5.43. The third-order valence-electron chi connectivity index (χ3n) is 3.82. The predicted molar refractivity (Wildman–Crippen MR) is 96.7 cm³/mol. The number of hydrogen-bond donors (Lipinski definition) is 2. The highest BCUT2D eigenvalue weighted by atomic mass is 16.5. The van der Waals surface area contributed by atoms with Crippen LogP contribution in [0, 0.1) is 0 Å². The van der Waals surface area contributed by atoms with E-state index in [0.717, 1.165) is 0 Å². The zero-order valence-corrected chi connectivity index (χ0v) is 14.3. The van der Waals surface area contributed by atoms with Crippen molar-refractivity contribution in [3.05, 3.63) is 58.6 Å². The molecule has 9 nitrogen and oxygen atoms in total. The van der Waals surface area contributed by atoms with Crippen LogP contribution in [-0.4, -0.2) is 32.6 Å². The summed E-state index contributed by atoms with van der Waals surface area (Å²) in [5, 5.41) is 10.5. The molecule has 0 spiro atoms. The van der Waals surface area contributed by atoms with Crippen molar-refractivity contribution in [1.29, 1.82) is 0 Å². The fourth-order valence-corrected chi connectivity index (χ4v) is 2.41. The number of rotatable bonds is 5. The average Bonchev–Trinajstić information content (AvgIpc) is 3.05. The van der Waals surface area contributed by atoms with Crippen molar-refractivity contribution in [1.82, 2.24) is 19.6 Å². The molecule has 0 saturated carbocycles. The van der Waals surface area contributed by atoms with E-state index in [1.807, 2.05) is 6.92 Å². The van der Waals surface area contributed by atoms with Gasteiger partial charge in [0.05, 0.1) is 18.5 Å². The number of ether oxygens (including phenoxy) is 1. The van der Waals surface area contributed by atoms with Crippen molar-refractivity contribution in [3.63, 3.8) is 0 Å². The fraction of sp³-hybridized carbons (Fsp3) is 0.176. The average molecular weight is 354 g/mol. The molecule has 0 bridgehead atoms. The highest BCUT2D eigenvalue weighted by molar-refractivity contribution is 6.05. The van der Waals surface area contributed by atoms with Crippen LogP contribution in [0.5, 0.6) is 5.75 Å². The Morgan fingerprint density at radius 1 is 1.23 bits per heavy atom. The summed E-state index contributed by atoms with van der Waals surface area (Å²) in [7, 11) is 1.57. The molecule has 3 rings (SSSR count). The van der Waals surface area contributed by atoms with Gasteiger partial charge in [0, 0.05) is 18.8 Å². The summed E-state index contributed by atoms with van der Waals surface area (Å²) >= 11 is 0. The molecular weight excluding hydrogens is 336 g/mol. The molecule has 0 radical (unpaired) electrons. The van der Waals surface area contributed by atoms with Gasteiger partial charge in [-0.2, -0.15) is 4.68 Å². The number of pyridine rings is 1. The first-order valence-electron chi connectivity index (χ1n) is 7.91. The van der Waals surface area contributed by atoms with E-state index in [0.29, 0.717) is 23.7 Å². The van der Waals surface area contributed by atoms with Gasteiger partial charge in [0.25, 0.3) is 11.5 Å². The number of nitrogens with one attached hydrogen (secondary N) is 1. The predicted octanol–water partition coefficient (Wildman–Crippen LogP) is 1.29. The van der Waals surface area contributed by atoms with E-state index in [4.69, 9.17) is 10.5 Å². The lowest BCUT2D eigenvalue weighted by Gasteiger charge is -2.07. The molecule has 1 aromatic carbocycles. The van der Waals surface area contributed by atoms with E-state index >= 15 is 0 Å². The van der Waals surface area contributed by atoms with Crippen molar-refractivity contribution < 1.29 is 9.53 Å². The smallest absolute Gasteiger partial charge is 0.280 e. The van der Waals surface area contributed by atoms with Crippen LogP contribution in [0.15, 0.2) is 47.4 Å². The van der Waals surface area contributed by atoms with E-state index in [1.165, 1.54) is 21.4 Å². The molecule has 0 aliphatic heterocycles. The van der Waals surface area contributed by atoms with E-state index < -0.39 is 5.91 Å². The number of aromatic nitrogens is 4. The topological polar surface area (TPSA) is 117 Å². The Hall–Kier alpha value is -3.62. The van der Waals surface area contributed by atoms with Crippen LogP contribution >= 0.6 is 0 Å². The van der Waals surface area contributed by atoms with Gasteiger partial charge in [-0.15, -0.1) is 5.10 Å². The van der Waals surface area contributed by atoms with Crippen LogP contribution in [0.2, 0.25) is 0 Å². The maximum Gasteiger partial charge on any atom is 0.280 e. The van der Waals surface area contributed by atoms with Crippen LogP contribution in [0.1, 0.15) is 17.4 Å². The number of nitrogen functional groups attached to an aromatic ring is 1. The molecule has 9 heteroatoms. The summed E-state index contributed by atoms with van der Waals surface area (Å²) in [6, 6.07) is 9.92. The van der Waals surface area contributed by atoms with Gasteiger partial charge in [-0.1, -0.05) is 5.21 Å². The number of carbonyl (C=O) groups excluding carboxylic acids is 1. The molecule has 0 aliphatic carbocycles. The molecule has 3 aromatic rings. The van der Waals surface area contributed by atoms with E-state index in [9.17, 15) is 9.59 Å². The van der Waals surface area contributed by atoms with Crippen LogP contribution in [0.3, 0.4) is 0 Å². The van der Waals surface area contributed by atoms with Gasteiger partial charge in [0.15, 0.2) is 11.5 Å². The van der Waals surface area contributed by atoms with Crippen LogP contribution in [0.4, 0.5) is 11.5 Å². The molecule has 0 fully saturated rings. The molecule has 2 aromatic heterocycles. The minimum absolute atomic E-state index is 0.00457. The molecule has 26 heavy (non-hydrogen) atoms. The summed E-state index contributed by atoms with van der Waals surface area (Å²) in [6.45, 7) is 2.34. The fourth-order valence-electron chi connectivity index (χ4n) is 2.41. The summed E-state index contributed by atoms with van der Waals surface area (Å²) < 4.78 is 7.95. The number of anilines is 2. The summed E-state index contributed by atoms with van der Waals surface area (Å²) in [5.74, 6) is 0.288. The van der Waals surface area contributed by atoms with Crippen LogP contribution < -0.4 is 21.3 Å². The standard InChI is InChI=1S/C17H18N6O3/c1-3-22-10-11(4-9-14(22)24)19-17(25)15-16(18)23(21-20-15)12-5-7-13(26-2)8-6-12/h4-10H,3,18H2,1-2H3,(H,19,25). The highest BCUT2D eigenvalue weighted by Crippen LogP contribution is 2.19. The molecular formula is C17H18N6O3. The van der Waals surface area contributed by atoms with Crippen LogP contribution in [0.25, 0.3) is 5.69 Å². The molecule has 0 atom stereocenters. The van der Waals surface area contributed by atoms with E-state index in [-0.39, 0.29) is 17.1 Å². The quantitative estimate of drug-likeness (QED) is 0.713. The van der Waals surface area contributed by atoms with Gasteiger partial charge in [-0.25, -0.2) is 0 Å². The van der Waals surface area contributed by atoms with Gasteiger partial charge < -0.3 is 20.4 Å². The number of methoxy groups -OCH3 is 1. The van der Waals surface area contributed by atoms with Crippen molar-refractivity contribution in [2.24, 2.45) is 0 Å². The Kier molecular flexibility index (Phi) is 4.70. The Labute approximate surface area is 149 Å². The summed E-state index contributed by atoms with van der Waals surface area (Å²) in [5.41, 5.74) is 7.00. The first-order chi connectivity index (χ1) is 12.5. The maximum atomic E-state index is 12.5. The maximum absolute atomic E-state index is 12.5. The lowest BCUT2D eigenvalue weighted by atomic mass is 10.3. The molecule has 0 saturated heterocycles. The number of nitrogens with zero attached hydrogens (tertiary/aromatic N) is 4. The number of hydrogen-bond acceptors (Lipinski definition) is 6. The number of carbonyl (C=O) groups is 1. The van der Waals surface area contributed by atoms with Crippen molar-refractivity contribution in [2.75, 3.05) is 18.2 Å². The Bertz CT molecular complexity index is 990. The van der Waals surface area contributed by atoms with Crippen LogP contribution in [-0.2, 0) is 6.54 Å². The second kappa shape index (κ2) is 7.09. The molecule has 134 valence electrons. The lowest BCUT2D eigenvalue weighted by molar-refractivity contribution is 0.102. The molecule has 0 aliphatic rings. The molecule has 1 amide bonds. The first-order valence-corrected chi connectivity index (χ1v) is 7.91. The highest BCUT2D eigenvalue weighted by Gasteiger charge is 2.18. The van der Waals surface area contributed by atoms with Gasteiger partial charge in [-0.3, -0.25) is 9.59 Å². The van der Waals surface area contributed by atoms with Crippen molar-refractivity contribution >= 4 is 17.4 Å². The van der Waals surface area contributed by atoms with Gasteiger partial charge in [0.2, 0.25) is 0 Å². The second-order valence-corrected chi connectivity index (χ2v) is 5.43. The van der Waals surface area contributed by atoms with E-state index in [2.05, 4.69) is 15.6 Å². The van der Waals surface area contributed by atoms with Gasteiger partial charge >= 0.3 is 0 Å². The minimum atomic E-state index is -0.511. The Balaban J connectivity index is 1.84. The SMILES string of the molecule is CCn1cc(NC(=O)c2nnn(-c3ccc(OC)cc3)c2N)ccc1=O. The number of nitrogens with two attached hydrogens (primary N) is 1. The van der Waals surface area contributed by atoms with Gasteiger partial charge in [-0.05, 0) is 37.3 Å². The Morgan fingerprint density at radius 2 is 1.96 bits per heavy atom. The van der Waals surface area contributed by atoms with E-state index in [1.54, 1.807) is 37.6 Å². The number of amides is 1. The lowest BCUT2D eigenvalue weighted by Crippen LogP contribution is -2.20. The number of aryl methyl sites for hydroxylation is 1. The van der Waals surface area contributed by atoms with Crippen molar-refractivity contribution in [2.45, 2.75) is 13.5 Å². The Morgan fingerprint density at radius 3 is 2.62 bits per heavy atom. The molecule has 0 unspecified atom stereocenters. The zero-order valence-electron chi connectivity index (χ0n) is 14.3. The third-order valence-corrected chi connectivity index (χ3v) is 3.82. The number of benzene rings is 1. The summed E-state index contributed by atoms with van der Waals surface area (Å²) in [4.78, 5) is 24.1. The summed E-state index contributed by atoms with van der Waals surface area (Å²) in [6.07, 6.45) is 1.56. The van der Waals surface area contributed by atoms with Gasteiger partial charge in [0.1, 0.15) is 5.75 Å². The molecule has 3 N–H and O–H groups in total. The first kappa shape index (κ1) is 17.2. The monoisotopic (exact) mass is 354 g/mol.